The summed E-state index contributed by atoms with van der Waals surface area (Å²) in [6.45, 7) is 0. The Hall–Kier alpha value is -2.04. The Kier molecular flexibility index (Phi) is 4.08. The zero-order chi connectivity index (χ0) is 14.7. The standard InChI is InChI=1S/C16H22N4O/c17-13-8-12(9-14(18)10-13)16-19-15(20-21-16)11-6-4-2-1-3-5-7-11/h8-11H,1-7,17-18H2. The van der Waals surface area contributed by atoms with Crippen LogP contribution in [0.4, 0.5) is 11.4 Å². The summed E-state index contributed by atoms with van der Waals surface area (Å²) in [7, 11) is 0. The quantitative estimate of drug-likeness (QED) is 0.821. The van der Waals surface area contributed by atoms with Gasteiger partial charge in [0, 0.05) is 22.9 Å². The van der Waals surface area contributed by atoms with Crippen LogP contribution in [0.5, 0.6) is 0 Å². The molecule has 1 heterocycles. The zero-order valence-electron chi connectivity index (χ0n) is 12.2. The lowest BCUT2D eigenvalue weighted by atomic mass is 9.91. The van der Waals surface area contributed by atoms with E-state index in [9.17, 15) is 0 Å². The second-order valence-corrected chi connectivity index (χ2v) is 5.89. The van der Waals surface area contributed by atoms with E-state index in [2.05, 4.69) is 10.1 Å². The first kappa shape index (κ1) is 13.9. The molecular weight excluding hydrogens is 264 g/mol. The van der Waals surface area contributed by atoms with Crippen LogP contribution in [0.2, 0.25) is 0 Å². The Labute approximate surface area is 124 Å². The van der Waals surface area contributed by atoms with Crippen LogP contribution in [0.15, 0.2) is 22.7 Å². The molecule has 0 amide bonds. The van der Waals surface area contributed by atoms with Gasteiger partial charge in [0.05, 0.1) is 0 Å². The van der Waals surface area contributed by atoms with Crippen molar-refractivity contribution >= 4 is 11.4 Å². The molecule has 1 aromatic heterocycles. The maximum Gasteiger partial charge on any atom is 0.258 e. The Morgan fingerprint density at radius 3 is 2.19 bits per heavy atom. The predicted molar refractivity (Wildman–Crippen MR) is 83.6 cm³/mol. The molecule has 0 radical (unpaired) electrons. The molecule has 0 unspecified atom stereocenters. The smallest absolute Gasteiger partial charge is 0.258 e. The summed E-state index contributed by atoms with van der Waals surface area (Å²) in [5.74, 6) is 1.75. The molecule has 1 aliphatic carbocycles. The lowest BCUT2D eigenvalue weighted by molar-refractivity contribution is 0.393. The second-order valence-electron chi connectivity index (χ2n) is 5.89. The molecule has 0 saturated heterocycles. The van der Waals surface area contributed by atoms with Gasteiger partial charge in [-0.3, -0.25) is 0 Å². The van der Waals surface area contributed by atoms with Crippen LogP contribution in [0.1, 0.15) is 56.7 Å². The summed E-state index contributed by atoms with van der Waals surface area (Å²) in [6.07, 6.45) is 8.78. The second kappa shape index (κ2) is 6.16. The number of nitrogen functional groups attached to an aromatic ring is 2. The van der Waals surface area contributed by atoms with Crippen LogP contribution < -0.4 is 11.5 Å². The van der Waals surface area contributed by atoms with E-state index in [1.54, 1.807) is 6.07 Å². The van der Waals surface area contributed by atoms with Gasteiger partial charge in [-0.25, -0.2) is 0 Å². The highest BCUT2D eigenvalue weighted by Gasteiger charge is 2.20. The molecular formula is C16H22N4O. The molecule has 1 aromatic carbocycles. The van der Waals surface area contributed by atoms with Crippen molar-refractivity contribution in [2.24, 2.45) is 0 Å². The highest BCUT2D eigenvalue weighted by molar-refractivity contribution is 5.67. The third kappa shape index (κ3) is 3.35. The van der Waals surface area contributed by atoms with E-state index in [-0.39, 0.29) is 0 Å². The van der Waals surface area contributed by atoms with E-state index in [4.69, 9.17) is 16.0 Å². The first-order valence-electron chi connectivity index (χ1n) is 7.72. The summed E-state index contributed by atoms with van der Waals surface area (Å²) in [4.78, 5) is 4.57. The summed E-state index contributed by atoms with van der Waals surface area (Å²) >= 11 is 0. The topological polar surface area (TPSA) is 91.0 Å². The minimum atomic E-state index is 0.418. The van der Waals surface area contributed by atoms with E-state index < -0.39 is 0 Å². The number of anilines is 2. The third-order valence-electron chi connectivity index (χ3n) is 4.14. The van der Waals surface area contributed by atoms with E-state index in [0.717, 1.165) is 24.2 Å². The first-order chi connectivity index (χ1) is 10.2. The molecule has 0 aliphatic heterocycles. The van der Waals surface area contributed by atoms with E-state index in [0.29, 0.717) is 23.2 Å². The number of nitrogens with two attached hydrogens (primary N) is 2. The highest BCUT2D eigenvalue weighted by Crippen LogP contribution is 2.31. The largest absolute Gasteiger partial charge is 0.399 e. The van der Waals surface area contributed by atoms with E-state index >= 15 is 0 Å². The van der Waals surface area contributed by atoms with Gasteiger partial charge in [0.25, 0.3) is 5.89 Å². The van der Waals surface area contributed by atoms with Crippen molar-refractivity contribution < 1.29 is 4.52 Å². The molecule has 1 fully saturated rings. The summed E-state index contributed by atoms with van der Waals surface area (Å²) < 4.78 is 5.41. The number of nitrogens with zero attached hydrogens (tertiary/aromatic N) is 2. The Morgan fingerprint density at radius 1 is 0.905 bits per heavy atom. The number of aromatic nitrogens is 2. The maximum atomic E-state index is 5.81. The van der Waals surface area contributed by atoms with Crippen LogP contribution in [-0.4, -0.2) is 10.1 Å². The summed E-state index contributed by atoms with van der Waals surface area (Å²) in [5.41, 5.74) is 13.6. The molecule has 2 aromatic rings. The molecule has 0 bridgehead atoms. The fraction of sp³-hybridized carbons (Fsp3) is 0.500. The normalized spacial score (nSPS) is 17.3. The Bertz CT molecular complexity index is 580. The number of rotatable bonds is 2. The molecule has 1 aliphatic rings. The van der Waals surface area contributed by atoms with Crippen molar-refractivity contribution in [3.05, 3.63) is 24.0 Å². The van der Waals surface area contributed by atoms with E-state index in [1.807, 2.05) is 12.1 Å². The minimum absolute atomic E-state index is 0.418. The average Bonchev–Trinajstić information content (AvgIpc) is 2.86. The molecule has 0 atom stereocenters. The molecule has 4 N–H and O–H groups in total. The number of hydrogen-bond donors (Lipinski definition) is 2. The molecule has 21 heavy (non-hydrogen) atoms. The summed E-state index contributed by atoms with van der Waals surface area (Å²) in [5, 5.41) is 4.18. The Morgan fingerprint density at radius 2 is 1.52 bits per heavy atom. The predicted octanol–water partition coefficient (Wildman–Crippen LogP) is 3.73. The summed E-state index contributed by atoms with van der Waals surface area (Å²) in [6, 6.07) is 5.34. The van der Waals surface area contributed by atoms with Crippen molar-refractivity contribution in [3.63, 3.8) is 0 Å². The van der Waals surface area contributed by atoms with Crippen LogP contribution in [0.3, 0.4) is 0 Å². The SMILES string of the molecule is Nc1cc(N)cc(-c2nc(C3CCCCCCC3)no2)c1. The van der Waals surface area contributed by atoms with Crippen LogP contribution in [0.25, 0.3) is 11.5 Å². The fourth-order valence-electron chi connectivity index (χ4n) is 3.03. The average molecular weight is 286 g/mol. The van der Waals surface area contributed by atoms with Crippen molar-refractivity contribution in [1.29, 1.82) is 0 Å². The maximum absolute atomic E-state index is 5.81. The Balaban J connectivity index is 1.81. The molecule has 5 heteroatoms. The van der Waals surface area contributed by atoms with Crippen LogP contribution in [0, 0.1) is 0 Å². The molecule has 3 rings (SSSR count). The van der Waals surface area contributed by atoms with Crippen molar-refractivity contribution in [1.82, 2.24) is 10.1 Å². The molecule has 112 valence electrons. The lowest BCUT2D eigenvalue weighted by Crippen LogP contribution is -2.04. The van der Waals surface area contributed by atoms with Gasteiger partial charge in [0.2, 0.25) is 0 Å². The molecule has 5 nitrogen and oxygen atoms in total. The molecule has 1 saturated carbocycles. The fourth-order valence-corrected chi connectivity index (χ4v) is 3.03. The molecule has 0 spiro atoms. The van der Waals surface area contributed by atoms with Gasteiger partial charge in [-0.2, -0.15) is 4.98 Å². The van der Waals surface area contributed by atoms with Gasteiger partial charge < -0.3 is 16.0 Å². The van der Waals surface area contributed by atoms with Gasteiger partial charge in [-0.15, -0.1) is 0 Å². The van der Waals surface area contributed by atoms with Crippen LogP contribution in [-0.2, 0) is 0 Å². The highest BCUT2D eigenvalue weighted by atomic mass is 16.5. The minimum Gasteiger partial charge on any atom is -0.399 e. The zero-order valence-corrected chi connectivity index (χ0v) is 12.2. The number of benzene rings is 1. The van der Waals surface area contributed by atoms with Gasteiger partial charge in [-0.05, 0) is 31.0 Å². The lowest BCUT2D eigenvalue weighted by Gasteiger charge is -2.15. The first-order valence-corrected chi connectivity index (χ1v) is 7.72. The van der Waals surface area contributed by atoms with Crippen molar-refractivity contribution in [2.45, 2.75) is 50.9 Å². The van der Waals surface area contributed by atoms with E-state index in [1.165, 1.54) is 32.1 Å². The monoisotopic (exact) mass is 286 g/mol. The van der Waals surface area contributed by atoms with Gasteiger partial charge in [0.1, 0.15) is 0 Å². The van der Waals surface area contributed by atoms with Crippen molar-refractivity contribution in [3.8, 4) is 11.5 Å². The number of hydrogen-bond acceptors (Lipinski definition) is 5. The van der Waals surface area contributed by atoms with Crippen LogP contribution >= 0.6 is 0 Å². The van der Waals surface area contributed by atoms with Gasteiger partial charge in [0.15, 0.2) is 5.82 Å². The van der Waals surface area contributed by atoms with Crippen molar-refractivity contribution in [2.75, 3.05) is 11.5 Å². The van der Waals surface area contributed by atoms with Gasteiger partial charge >= 0.3 is 0 Å². The van der Waals surface area contributed by atoms with Gasteiger partial charge in [-0.1, -0.05) is 37.3 Å². The third-order valence-corrected chi connectivity index (χ3v) is 4.14.